The molecule has 0 saturated heterocycles. The van der Waals surface area contributed by atoms with Crippen LogP contribution >= 0.6 is 0 Å². The molecular weight excluding hydrogens is 463 g/mol. The predicted octanol–water partition coefficient (Wildman–Crippen LogP) is 3.29. The number of carbonyl (C=O) groups excluding carboxylic acids is 3. The number of alkyl halides is 1. The van der Waals surface area contributed by atoms with Gasteiger partial charge in [-0.15, -0.1) is 0 Å². The third-order valence-electron chi connectivity index (χ3n) is 4.37. The molecule has 10 nitrogen and oxygen atoms in total. The highest BCUT2D eigenvalue weighted by molar-refractivity contribution is 5.85. The van der Waals surface area contributed by atoms with Crippen LogP contribution in [0.25, 0.3) is 0 Å². The molecule has 0 aliphatic heterocycles. The quantitative estimate of drug-likeness (QED) is 0.470. The maximum atomic E-state index is 14.9. The summed E-state index contributed by atoms with van der Waals surface area (Å²) in [6.45, 7) is 9.69. The van der Waals surface area contributed by atoms with Gasteiger partial charge in [0.15, 0.2) is 6.17 Å². The van der Waals surface area contributed by atoms with Crippen LogP contribution in [0.2, 0.25) is 0 Å². The van der Waals surface area contributed by atoms with Gasteiger partial charge in [-0.3, -0.25) is 4.79 Å². The van der Waals surface area contributed by atoms with Gasteiger partial charge >= 0.3 is 12.1 Å². The summed E-state index contributed by atoms with van der Waals surface area (Å²) in [6, 6.07) is 1.75. The molecule has 198 valence electrons. The first kappa shape index (κ1) is 29.8. The molecule has 1 rings (SSSR count). The maximum absolute atomic E-state index is 14.9. The summed E-state index contributed by atoms with van der Waals surface area (Å²) in [4.78, 5) is 37.3. The average molecular weight is 501 g/mol. The highest BCUT2D eigenvalue weighted by Crippen LogP contribution is 2.34. The van der Waals surface area contributed by atoms with Crippen molar-refractivity contribution in [2.75, 3.05) is 21.3 Å². The van der Waals surface area contributed by atoms with Gasteiger partial charge in [-0.2, -0.15) is 0 Å². The molecule has 35 heavy (non-hydrogen) atoms. The first-order chi connectivity index (χ1) is 16.1. The second-order valence-corrected chi connectivity index (χ2v) is 9.66. The van der Waals surface area contributed by atoms with Crippen molar-refractivity contribution in [2.45, 2.75) is 77.9 Å². The van der Waals surface area contributed by atoms with Crippen LogP contribution < -0.4 is 24.8 Å². The third kappa shape index (κ3) is 10.3. The first-order valence-corrected chi connectivity index (χ1v) is 11.0. The smallest absolute Gasteiger partial charge is 0.408 e. The Morgan fingerprint density at radius 3 is 1.83 bits per heavy atom. The predicted molar refractivity (Wildman–Crippen MR) is 126 cm³/mol. The molecule has 2 atom stereocenters. The van der Waals surface area contributed by atoms with E-state index in [2.05, 4.69) is 10.6 Å². The number of esters is 1. The molecule has 11 heteroatoms. The van der Waals surface area contributed by atoms with Crippen LogP contribution in [0.5, 0.6) is 17.2 Å². The SMILES string of the molecule is COc1cc(OC)c(CNC(=O)C(F)CC(NC(=O)OC(C)(C)C)C(=O)OC(C)(C)C)c(OC)c1. The number of alkyl carbamates (subject to hydrolysis) is 1. The molecule has 2 unspecified atom stereocenters. The second kappa shape index (κ2) is 12.5. The van der Waals surface area contributed by atoms with E-state index in [1.165, 1.54) is 21.3 Å². The van der Waals surface area contributed by atoms with Gasteiger partial charge in [0.25, 0.3) is 5.91 Å². The van der Waals surface area contributed by atoms with E-state index in [-0.39, 0.29) is 6.54 Å². The fourth-order valence-electron chi connectivity index (χ4n) is 2.89. The largest absolute Gasteiger partial charge is 0.496 e. The summed E-state index contributed by atoms with van der Waals surface area (Å²) in [6.07, 6.45) is -3.73. The minimum Gasteiger partial charge on any atom is -0.496 e. The van der Waals surface area contributed by atoms with Crippen molar-refractivity contribution >= 4 is 18.0 Å². The number of nitrogens with one attached hydrogen (secondary N) is 2. The molecule has 0 radical (unpaired) electrons. The molecule has 0 bridgehead atoms. The summed E-state index contributed by atoms with van der Waals surface area (Å²) >= 11 is 0. The van der Waals surface area contributed by atoms with Crippen molar-refractivity contribution in [1.82, 2.24) is 10.6 Å². The monoisotopic (exact) mass is 500 g/mol. The summed E-state index contributed by atoms with van der Waals surface area (Å²) in [7, 11) is 4.35. The fraction of sp³-hybridized carbons (Fsp3) is 0.625. The van der Waals surface area contributed by atoms with Crippen LogP contribution in [0.4, 0.5) is 9.18 Å². The Morgan fingerprint density at radius 2 is 1.40 bits per heavy atom. The van der Waals surface area contributed by atoms with E-state index in [0.717, 1.165) is 0 Å². The lowest BCUT2D eigenvalue weighted by Gasteiger charge is -2.26. The highest BCUT2D eigenvalue weighted by Gasteiger charge is 2.33. The zero-order valence-electron chi connectivity index (χ0n) is 21.9. The van der Waals surface area contributed by atoms with Gasteiger partial charge in [-0.05, 0) is 41.5 Å². The molecule has 0 aliphatic carbocycles. The summed E-state index contributed by atoms with van der Waals surface area (Å²) < 4.78 is 41.2. The number of ether oxygens (including phenoxy) is 5. The number of hydrogen-bond acceptors (Lipinski definition) is 8. The molecular formula is C24H37FN2O8. The average Bonchev–Trinajstić information content (AvgIpc) is 2.73. The number of hydrogen-bond donors (Lipinski definition) is 2. The van der Waals surface area contributed by atoms with Gasteiger partial charge in [0.1, 0.15) is 34.5 Å². The van der Waals surface area contributed by atoms with Crippen LogP contribution in [0.15, 0.2) is 12.1 Å². The van der Waals surface area contributed by atoms with Crippen LogP contribution in [0.1, 0.15) is 53.5 Å². The van der Waals surface area contributed by atoms with Crippen LogP contribution in [-0.2, 0) is 25.6 Å². The molecule has 0 heterocycles. The standard InChI is InChI=1S/C24H37FN2O8/c1-23(2,3)34-21(29)17(27-22(30)35-24(4,5)6)12-16(25)20(28)26-13-15-18(32-8)10-14(31-7)11-19(15)33-9/h10-11,16-17H,12-13H2,1-9H3,(H,26,28)(H,27,30). The number of methoxy groups -OCH3 is 3. The normalized spacial score (nSPS) is 13.2. The molecule has 0 aliphatic rings. The van der Waals surface area contributed by atoms with E-state index >= 15 is 0 Å². The molecule has 1 aromatic carbocycles. The van der Waals surface area contributed by atoms with E-state index in [9.17, 15) is 18.8 Å². The van der Waals surface area contributed by atoms with Gasteiger partial charge in [0.05, 0.1) is 33.4 Å². The lowest BCUT2D eigenvalue weighted by atomic mass is 10.1. The maximum Gasteiger partial charge on any atom is 0.408 e. The number of benzene rings is 1. The van der Waals surface area contributed by atoms with E-state index in [1.54, 1.807) is 53.7 Å². The van der Waals surface area contributed by atoms with Gasteiger partial charge in [-0.1, -0.05) is 0 Å². The van der Waals surface area contributed by atoms with Gasteiger partial charge < -0.3 is 34.3 Å². The number of halogens is 1. The summed E-state index contributed by atoms with van der Waals surface area (Å²) in [5, 5.41) is 4.75. The molecule has 2 amide bonds. The molecule has 0 spiro atoms. The first-order valence-electron chi connectivity index (χ1n) is 11.0. The summed E-state index contributed by atoms with van der Waals surface area (Å²) in [5.41, 5.74) is -1.27. The van der Waals surface area contributed by atoms with Gasteiger partial charge in [0, 0.05) is 18.6 Å². The second-order valence-electron chi connectivity index (χ2n) is 9.66. The van der Waals surface area contributed by atoms with Crippen LogP contribution in [0, 0.1) is 0 Å². The third-order valence-corrected chi connectivity index (χ3v) is 4.37. The Hall–Kier alpha value is -3.24. The molecule has 0 saturated carbocycles. The van der Waals surface area contributed by atoms with Crippen molar-refractivity contribution in [3.8, 4) is 17.2 Å². The Morgan fingerprint density at radius 1 is 0.886 bits per heavy atom. The summed E-state index contributed by atoms with van der Waals surface area (Å²) in [5.74, 6) is -0.669. The minimum absolute atomic E-state index is 0.119. The van der Waals surface area contributed by atoms with Gasteiger partial charge in [0.2, 0.25) is 0 Å². The van der Waals surface area contributed by atoms with Crippen molar-refractivity contribution in [2.24, 2.45) is 0 Å². The Balaban J connectivity index is 2.97. The molecule has 0 fully saturated rings. The van der Waals surface area contributed by atoms with Crippen LogP contribution in [0.3, 0.4) is 0 Å². The zero-order valence-corrected chi connectivity index (χ0v) is 21.9. The van der Waals surface area contributed by atoms with Crippen LogP contribution in [-0.4, -0.2) is 62.7 Å². The zero-order chi connectivity index (χ0) is 27.0. The number of amides is 2. The minimum atomic E-state index is -2.14. The Bertz CT molecular complexity index is 867. The van der Waals surface area contributed by atoms with Crippen molar-refractivity contribution in [3.05, 3.63) is 17.7 Å². The molecule has 1 aromatic rings. The van der Waals surface area contributed by atoms with E-state index in [4.69, 9.17) is 23.7 Å². The lowest BCUT2D eigenvalue weighted by molar-refractivity contribution is -0.158. The Labute approximate surface area is 205 Å². The highest BCUT2D eigenvalue weighted by atomic mass is 19.1. The van der Waals surface area contributed by atoms with E-state index in [1.807, 2.05) is 0 Å². The molecule has 0 aromatic heterocycles. The van der Waals surface area contributed by atoms with Gasteiger partial charge in [-0.25, -0.2) is 14.0 Å². The van der Waals surface area contributed by atoms with Crippen molar-refractivity contribution in [3.63, 3.8) is 0 Å². The number of rotatable bonds is 10. The van der Waals surface area contributed by atoms with Crippen molar-refractivity contribution in [1.29, 1.82) is 0 Å². The topological polar surface area (TPSA) is 121 Å². The number of carbonyl (C=O) groups is 3. The Kier molecular flexibility index (Phi) is 10.6. The fourth-order valence-corrected chi connectivity index (χ4v) is 2.89. The van der Waals surface area contributed by atoms with E-state index < -0.39 is 47.8 Å². The van der Waals surface area contributed by atoms with E-state index in [0.29, 0.717) is 22.8 Å². The lowest BCUT2D eigenvalue weighted by Crippen LogP contribution is -2.48. The molecule has 2 N–H and O–H groups in total. The van der Waals surface area contributed by atoms with Crippen molar-refractivity contribution < 1.29 is 42.5 Å².